The SMILES string of the molecule is COC(C(=O)N(C)c1ccc(Br)c(C)c1)c1ccccc1. The van der Waals surface area contributed by atoms with E-state index in [0.29, 0.717) is 0 Å². The van der Waals surface area contributed by atoms with E-state index in [0.717, 1.165) is 21.3 Å². The highest BCUT2D eigenvalue weighted by molar-refractivity contribution is 9.10. The largest absolute Gasteiger partial charge is 0.367 e. The number of carbonyl (C=O) groups excluding carboxylic acids is 1. The van der Waals surface area contributed by atoms with Crippen LogP contribution in [0.3, 0.4) is 0 Å². The normalized spacial score (nSPS) is 12.0. The number of hydrogen-bond donors (Lipinski definition) is 0. The second-order valence-corrected chi connectivity index (χ2v) is 5.71. The summed E-state index contributed by atoms with van der Waals surface area (Å²) >= 11 is 3.47. The number of ether oxygens (including phenoxy) is 1. The lowest BCUT2D eigenvalue weighted by Gasteiger charge is -2.23. The fraction of sp³-hybridized carbons (Fsp3) is 0.235. The van der Waals surface area contributed by atoms with Crippen molar-refractivity contribution in [2.24, 2.45) is 0 Å². The summed E-state index contributed by atoms with van der Waals surface area (Å²) in [5.74, 6) is -0.0922. The summed E-state index contributed by atoms with van der Waals surface area (Å²) in [7, 11) is 3.32. The standard InChI is InChI=1S/C17H18BrNO2/c1-12-11-14(9-10-15(12)18)19(2)17(20)16(21-3)13-7-5-4-6-8-13/h4-11,16H,1-3H3. The number of carbonyl (C=O) groups is 1. The topological polar surface area (TPSA) is 29.5 Å². The molecule has 0 bridgehead atoms. The van der Waals surface area contributed by atoms with Crippen LogP contribution in [-0.2, 0) is 9.53 Å². The van der Waals surface area contributed by atoms with Crippen molar-refractivity contribution in [1.82, 2.24) is 0 Å². The Bertz CT molecular complexity index is 628. The molecule has 0 aromatic heterocycles. The summed E-state index contributed by atoms with van der Waals surface area (Å²) in [5.41, 5.74) is 2.78. The van der Waals surface area contributed by atoms with Crippen molar-refractivity contribution in [1.29, 1.82) is 0 Å². The third kappa shape index (κ3) is 3.52. The number of methoxy groups -OCH3 is 1. The summed E-state index contributed by atoms with van der Waals surface area (Å²) in [4.78, 5) is 14.3. The van der Waals surface area contributed by atoms with Crippen LogP contribution in [0.25, 0.3) is 0 Å². The molecule has 2 aromatic rings. The number of halogens is 1. The molecule has 2 rings (SSSR count). The van der Waals surface area contributed by atoms with Crippen molar-refractivity contribution in [2.45, 2.75) is 13.0 Å². The maximum Gasteiger partial charge on any atom is 0.260 e. The van der Waals surface area contributed by atoms with Gasteiger partial charge in [0.05, 0.1) is 0 Å². The molecular weight excluding hydrogens is 330 g/mol. The maximum atomic E-state index is 12.7. The Labute approximate surface area is 133 Å². The number of amides is 1. The van der Waals surface area contributed by atoms with E-state index in [9.17, 15) is 4.79 Å². The first-order valence-electron chi connectivity index (χ1n) is 6.66. The van der Waals surface area contributed by atoms with Crippen molar-refractivity contribution in [2.75, 3.05) is 19.1 Å². The predicted octanol–water partition coefficient (Wildman–Crippen LogP) is 4.11. The Morgan fingerprint density at radius 1 is 1.19 bits per heavy atom. The van der Waals surface area contributed by atoms with Gasteiger partial charge in [-0.3, -0.25) is 4.79 Å². The molecule has 0 saturated carbocycles. The highest BCUT2D eigenvalue weighted by atomic mass is 79.9. The van der Waals surface area contributed by atoms with E-state index < -0.39 is 6.10 Å². The van der Waals surface area contributed by atoms with E-state index in [1.165, 1.54) is 0 Å². The molecule has 3 nitrogen and oxygen atoms in total. The van der Waals surface area contributed by atoms with Crippen LogP contribution < -0.4 is 4.90 Å². The molecule has 0 aliphatic heterocycles. The molecule has 21 heavy (non-hydrogen) atoms. The molecular formula is C17H18BrNO2. The number of rotatable bonds is 4. The van der Waals surface area contributed by atoms with Crippen molar-refractivity contribution < 1.29 is 9.53 Å². The number of aryl methyl sites for hydroxylation is 1. The van der Waals surface area contributed by atoms with Gasteiger partial charge in [-0.05, 0) is 36.2 Å². The zero-order valence-electron chi connectivity index (χ0n) is 12.3. The first-order valence-corrected chi connectivity index (χ1v) is 7.45. The number of hydrogen-bond acceptors (Lipinski definition) is 2. The van der Waals surface area contributed by atoms with Crippen LogP contribution in [0, 0.1) is 6.92 Å². The highest BCUT2D eigenvalue weighted by Crippen LogP contribution is 2.26. The van der Waals surface area contributed by atoms with Crippen LogP contribution in [0.5, 0.6) is 0 Å². The van der Waals surface area contributed by atoms with Gasteiger partial charge >= 0.3 is 0 Å². The minimum absolute atomic E-state index is 0.0922. The van der Waals surface area contributed by atoms with E-state index in [1.807, 2.05) is 55.5 Å². The molecule has 0 N–H and O–H groups in total. The quantitative estimate of drug-likeness (QED) is 0.832. The second-order valence-electron chi connectivity index (χ2n) is 4.86. The molecule has 0 fully saturated rings. The van der Waals surface area contributed by atoms with Crippen LogP contribution in [0.15, 0.2) is 53.0 Å². The number of anilines is 1. The number of likely N-dealkylation sites (N-methyl/N-ethyl adjacent to an activating group) is 1. The Morgan fingerprint density at radius 2 is 1.86 bits per heavy atom. The summed E-state index contributed by atoms with van der Waals surface area (Å²) < 4.78 is 6.42. The van der Waals surface area contributed by atoms with E-state index in [1.54, 1.807) is 19.1 Å². The van der Waals surface area contributed by atoms with Crippen molar-refractivity contribution in [3.05, 3.63) is 64.1 Å². The molecule has 0 saturated heterocycles. The van der Waals surface area contributed by atoms with Gasteiger partial charge in [-0.25, -0.2) is 0 Å². The smallest absolute Gasteiger partial charge is 0.260 e. The molecule has 4 heteroatoms. The van der Waals surface area contributed by atoms with Crippen LogP contribution in [0.1, 0.15) is 17.2 Å². The third-order valence-corrected chi connectivity index (χ3v) is 4.31. The van der Waals surface area contributed by atoms with Crippen LogP contribution in [-0.4, -0.2) is 20.1 Å². The summed E-state index contributed by atoms with van der Waals surface area (Å²) in [6.45, 7) is 2.00. The second kappa shape index (κ2) is 6.87. The molecule has 0 aliphatic carbocycles. The average Bonchev–Trinajstić information content (AvgIpc) is 2.51. The summed E-state index contributed by atoms with van der Waals surface area (Å²) in [6, 6.07) is 15.3. The van der Waals surface area contributed by atoms with Crippen molar-refractivity contribution in [3.8, 4) is 0 Å². The van der Waals surface area contributed by atoms with Gasteiger partial charge in [0, 0.05) is 24.3 Å². The molecule has 110 valence electrons. The van der Waals surface area contributed by atoms with Gasteiger partial charge in [0.2, 0.25) is 0 Å². The lowest BCUT2D eigenvalue weighted by Crippen LogP contribution is -2.32. The first-order chi connectivity index (χ1) is 10.0. The molecule has 2 aromatic carbocycles. The molecule has 0 heterocycles. The van der Waals surface area contributed by atoms with E-state index in [4.69, 9.17) is 4.74 Å². The Hall–Kier alpha value is -1.65. The van der Waals surface area contributed by atoms with Gasteiger partial charge in [-0.2, -0.15) is 0 Å². The zero-order valence-corrected chi connectivity index (χ0v) is 13.9. The Balaban J connectivity index is 2.26. The first kappa shape index (κ1) is 15.7. The van der Waals surface area contributed by atoms with E-state index in [2.05, 4.69) is 15.9 Å². The zero-order chi connectivity index (χ0) is 15.4. The fourth-order valence-corrected chi connectivity index (χ4v) is 2.39. The number of nitrogens with zero attached hydrogens (tertiary/aromatic N) is 1. The average molecular weight is 348 g/mol. The van der Waals surface area contributed by atoms with Gasteiger partial charge in [-0.15, -0.1) is 0 Å². The van der Waals surface area contributed by atoms with Crippen molar-refractivity contribution >= 4 is 27.5 Å². The minimum atomic E-state index is -0.597. The summed E-state index contributed by atoms with van der Waals surface area (Å²) in [6.07, 6.45) is -0.597. The molecule has 1 amide bonds. The lowest BCUT2D eigenvalue weighted by atomic mass is 10.1. The monoisotopic (exact) mass is 347 g/mol. The van der Waals surface area contributed by atoms with Crippen molar-refractivity contribution in [3.63, 3.8) is 0 Å². The van der Waals surface area contributed by atoms with Gasteiger partial charge in [-0.1, -0.05) is 46.3 Å². The van der Waals surface area contributed by atoms with Gasteiger partial charge < -0.3 is 9.64 Å². The van der Waals surface area contributed by atoms with Gasteiger partial charge in [0.25, 0.3) is 5.91 Å². The third-order valence-electron chi connectivity index (χ3n) is 3.42. The predicted molar refractivity (Wildman–Crippen MR) is 88.5 cm³/mol. The number of benzene rings is 2. The minimum Gasteiger partial charge on any atom is -0.367 e. The van der Waals surface area contributed by atoms with Crippen LogP contribution >= 0.6 is 15.9 Å². The van der Waals surface area contributed by atoms with Crippen LogP contribution in [0.2, 0.25) is 0 Å². The molecule has 1 unspecified atom stereocenters. The highest BCUT2D eigenvalue weighted by Gasteiger charge is 2.24. The van der Waals surface area contributed by atoms with Gasteiger partial charge in [0.15, 0.2) is 6.10 Å². The molecule has 0 radical (unpaired) electrons. The molecule has 0 aliphatic rings. The fourth-order valence-electron chi connectivity index (χ4n) is 2.15. The van der Waals surface area contributed by atoms with E-state index >= 15 is 0 Å². The lowest BCUT2D eigenvalue weighted by molar-refractivity contribution is -0.128. The van der Waals surface area contributed by atoms with Crippen LogP contribution in [0.4, 0.5) is 5.69 Å². The summed E-state index contributed by atoms with van der Waals surface area (Å²) in [5, 5.41) is 0. The maximum absolute atomic E-state index is 12.7. The Kier molecular flexibility index (Phi) is 5.15. The Morgan fingerprint density at radius 3 is 2.43 bits per heavy atom. The van der Waals surface area contributed by atoms with E-state index in [-0.39, 0.29) is 5.91 Å². The molecule has 1 atom stereocenters. The molecule has 0 spiro atoms. The van der Waals surface area contributed by atoms with Gasteiger partial charge in [0.1, 0.15) is 0 Å².